The van der Waals surface area contributed by atoms with Crippen LogP contribution in [0.5, 0.6) is 5.75 Å². The van der Waals surface area contributed by atoms with Crippen LogP contribution in [0, 0.1) is 0 Å². The van der Waals surface area contributed by atoms with Crippen molar-refractivity contribution in [3.63, 3.8) is 0 Å². The molecule has 2 N–H and O–H groups in total. The maximum absolute atomic E-state index is 11.9. The number of ether oxygens (including phenoxy) is 1. The van der Waals surface area contributed by atoms with Crippen LogP contribution in [0.15, 0.2) is 59.7 Å². The Balaban J connectivity index is 1.70. The Morgan fingerprint density at radius 3 is 2.36 bits per heavy atom. The SMILES string of the molecule is CCOc1ccc(NC(=O)CCC(=O)N/N=C\c2ccccc2)cc1. The molecule has 0 saturated heterocycles. The molecule has 0 bridgehead atoms. The summed E-state index contributed by atoms with van der Waals surface area (Å²) in [5.74, 6) is 0.205. The van der Waals surface area contributed by atoms with Gasteiger partial charge in [-0.1, -0.05) is 30.3 Å². The van der Waals surface area contributed by atoms with E-state index >= 15 is 0 Å². The minimum Gasteiger partial charge on any atom is -0.494 e. The summed E-state index contributed by atoms with van der Waals surface area (Å²) in [6.45, 7) is 2.50. The van der Waals surface area contributed by atoms with Gasteiger partial charge in [0, 0.05) is 18.5 Å². The predicted molar refractivity (Wildman–Crippen MR) is 97.7 cm³/mol. The van der Waals surface area contributed by atoms with Crippen LogP contribution in [0.25, 0.3) is 0 Å². The molecule has 0 aliphatic carbocycles. The number of hydrogen-bond donors (Lipinski definition) is 2. The third kappa shape index (κ3) is 6.87. The van der Waals surface area contributed by atoms with Gasteiger partial charge in [-0.2, -0.15) is 5.10 Å². The van der Waals surface area contributed by atoms with E-state index in [4.69, 9.17) is 4.74 Å². The molecular weight excluding hydrogens is 318 g/mol. The van der Waals surface area contributed by atoms with Crippen LogP contribution in [0.1, 0.15) is 25.3 Å². The molecule has 2 rings (SSSR count). The van der Waals surface area contributed by atoms with Crippen molar-refractivity contribution in [2.24, 2.45) is 5.10 Å². The van der Waals surface area contributed by atoms with E-state index in [1.807, 2.05) is 37.3 Å². The van der Waals surface area contributed by atoms with Crippen LogP contribution in [-0.2, 0) is 9.59 Å². The summed E-state index contributed by atoms with van der Waals surface area (Å²) in [5.41, 5.74) is 3.95. The summed E-state index contributed by atoms with van der Waals surface area (Å²) < 4.78 is 5.34. The van der Waals surface area contributed by atoms with Gasteiger partial charge in [-0.3, -0.25) is 9.59 Å². The number of rotatable bonds is 8. The first-order chi connectivity index (χ1) is 12.2. The summed E-state index contributed by atoms with van der Waals surface area (Å²) in [6, 6.07) is 16.5. The number of hydrogen-bond acceptors (Lipinski definition) is 4. The highest BCUT2D eigenvalue weighted by molar-refractivity contribution is 5.93. The Morgan fingerprint density at radius 1 is 1.00 bits per heavy atom. The van der Waals surface area contributed by atoms with Gasteiger partial charge in [0.05, 0.1) is 12.8 Å². The van der Waals surface area contributed by atoms with Gasteiger partial charge in [0.2, 0.25) is 11.8 Å². The minimum absolute atomic E-state index is 0.0645. The monoisotopic (exact) mass is 339 g/mol. The van der Waals surface area contributed by atoms with E-state index in [2.05, 4.69) is 15.8 Å². The minimum atomic E-state index is -0.311. The largest absolute Gasteiger partial charge is 0.494 e. The molecule has 0 aliphatic heterocycles. The van der Waals surface area contributed by atoms with Crippen molar-refractivity contribution in [1.82, 2.24) is 5.43 Å². The molecule has 6 nitrogen and oxygen atoms in total. The lowest BCUT2D eigenvalue weighted by Crippen LogP contribution is -2.20. The van der Waals surface area contributed by atoms with Crippen molar-refractivity contribution < 1.29 is 14.3 Å². The van der Waals surface area contributed by atoms with E-state index in [1.165, 1.54) is 0 Å². The van der Waals surface area contributed by atoms with Crippen molar-refractivity contribution in [3.8, 4) is 5.75 Å². The number of nitrogens with one attached hydrogen (secondary N) is 2. The van der Waals surface area contributed by atoms with Gasteiger partial charge in [-0.15, -0.1) is 0 Å². The zero-order valence-corrected chi connectivity index (χ0v) is 14.1. The van der Waals surface area contributed by atoms with Gasteiger partial charge in [-0.25, -0.2) is 5.43 Å². The molecule has 0 spiro atoms. The lowest BCUT2D eigenvalue weighted by atomic mass is 10.2. The molecule has 130 valence electrons. The van der Waals surface area contributed by atoms with Crippen LogP contribution >= 0.6 is 0 Å². The summed E-state index contributed by atoms with van der Waals surface area (Å²) in [4.78, 5) is 23.5. The van der Waals surface area contributed by atoms with E-state index in [0.29, 0.717) is 12.3 Å². The number of benzene rings is 2. The van der Waals surface area contributed by atoms with E-state index in [-0.39, 0.29) is 24.7 Å². The van der Waals surface area contributed by atoms with Crippen LogP contribution in [0.2, 0.25) is 0 Å². The van der Waals surface area contributed by atoms with Gasteiger partial charge in [0.25, 0.3) is 0 Å². The highest BCUT2D eigenvalue weighted by Crippen LogP contribution is 2.15. The number of hydrazone groups is 1. The molecule has 6 heteroatoms. The van der Waals surface area contributed by atoms with Crippen molar-refractivity contribution in [2.75, 3.05) is 11.9 Å². The third-order valence-electron chi connectivity index (χ3n) is 3.23. The summed E-state index contributed by atoms with van der Waals surface area (Å²) in [5, 5.41) is 6.60. The summed E-state index contributed by atoms with van der Waals surface area (Å²) in [6.07, 6.45) is 1.70. The van der Waals surface area contributed by atoms with E-state index in [1.54, 1.807) is 30.5 Å². The smallest absolute Gasteiger partial charge is 0.240 e. The second kappa shape index (κ2) is 9.87. The zero-order chi connectivity index (χ0) is 17.9. The Bertz CT molecular complexity index is 712. The maximum Gasteiger partial charge on any atom is 0.240 e. The molecule has 0 unspecified atom stereocenters. The molecule has 0 aromatic heterocycles. The lowest BCUT2D eigenvalue weighted by Gasteiger charge is -2.07. The molecule has 0 aliphatic rings. The molecular formula is C19H21N3O3. The Labute approximate surface area is 146 Å². The Hall–Kier alpha value is -3.15. The van der Waals surface area contributed by atoms with Crippen LogP contribution in [0.4, 0.5) is 5.69 Å². The molecule has 2 amide bonds. The first-order valence-corrected chi connectivity index (χ1v) is 8.07. The van der Waals surface area contributed by atoms with Gasteiger partial charge in [-0.05, 0) is 36.8 Å². The fourth-order valence-corrected chi connectivity index (χ4v) is 2.03. The summed E-state index contributed by atoms with van der Waals surface area (Å²) in [7, 11) is 0. The molecule has 0 heterocycles. The number of carbonyl (C=O) groups is 2. The van der Waals surface area contributed by atoms with Crippen molar-refractivity contribution in [2.45, 2.75) is 19.8 Å². The van der Waals surface area contributed by atoms with Crippen molar-refractivity contribution >= 4 is 23.7 Å². The average Bonchev–Trinajstić information content (AvgIpc) is 2.63. The van der Waals surface area contributed by atoms with Crippen LogP contribution < -0.4 is 15.5 Å². The van der Waals surface area contributed by atoms with E-state index < -0.39 is 0 Å². The molecule has 2 aromatic carbocycles. The second-order valence-electron chi connectivity index (χ2n) is 5.21. The van der Waals surface area contributed by atoms with Gasteiger partial charge in [0.1, 0.15) is 5.75 Å². The second-order valence-corrected chi connectivity index (χ2v) is 5.21. The Kier molecular flexibility index (Phi) is 7.18. The van der Waals surface area contributed by atoms with E-state index in [0.717, 1.165) is 11.3 Å². The quantitative estimate of drug-likeness (QED) is 0.573. The molecule has 0 radical (unpaired) electrons. The van der Waals surface area contributed by atoms with Gasteiger partial charge >= 0.3 is 0 Å². The molecule has 0 atom stereocenters. The van der Waals surface area contributed by atoms with Crippen molar-refractivity contribution in [1.29, 1.82) is 0 Å². The van der Waals surface area contributed by atoms with Crippen LogP contribution in [-0.4, -0.2) is 24.6 Å². The molecule has 25 heavy (non-hydrogen) atoms. The van der Waals surface area contributed by atoms with Crippen molar-refractivity contribution in [3.05, 3.63) is 60.2 Å². The topological polar surface area (TPSA) is 79.8 Å². The first-order valence-electron chi connectivity index (χ1n) is 8.07. The number of nitrogens with zero attached hydrogens (tertiary/aromatic N) is 1. The highest BCUT2D eigenvalue weighted by Gasteiger charge is 2.07. The number of carbonyl (C=O) groups excluding carboxylic acids is 2. The first kappa shape index (κ1) is 18.2. The normalized spacial score (nSPS) is 10.4. The fraction of sp³-hybridized carbons (Fsp3) is 0.211. The molecule has 0 saturated carbocycles. The number of anilines is 1. The molecule has 2 aromatic rings. The Morgan fingerprint density at radius 2 is 1.68 bits per heavy atom. The fourth-order valence-electron chi connectivity index (χ4n) is 2.03. The van der Waals surface area contributed by atoms with E-state index in [9.17, 15) is 9.59 Å². The highest BCUT2D eigenvalue weighted by atomic mass is 16.5. The van der Waals surface area contributed by atoms with Gasteiger partial charge in [0.15, 0.2) is 0 Å². The van der Waals surface area contributed by atoms with Crippen LogP contribution in [0.3, 0.4) is 0 Å². The maximum atomic E-state index is 11.9. The lowest BCUT2D eigenvalue weighted by molar-refractivity contribution is -0.124. The standard InChI is InChI=1S/C19H21N3O3/c1-2-25-17-10-8-16(9-11-17)21-18(23)12-13-19(24)22-20-14-15-6-4-3-5-7-15/h3-11,14H,2,12-13H2,1H3,(H,21,23)(H,22,24)/b20-14-. The summed E-state index contributed by atoms with van der Waals surface area (Å²) >= 11 is 0. The average molecular weight is 339 g/mol. The van der Waals surface area contributed by atoms with Gasteiger partial charge < -0.3 is 10.1 Å². The third-order valence-corrected chi connectivity index (χ3v) is 3.23. The molecule has 0 fully saturated rings. The zero-order valence-electron chi connectivity index (χ0n) is 14.1. The number of amides is 2. The predicted octanol–water partition coefficient (Wildman–Crippen LogP) is 2.95.